The zero-order valence-electron chi connectivity index (χ0n) is 8.21. The van der Waals surface area contributed by atoms with E-state index in [4.69, 9.17) is 10.3 Å². The lowest BCUT2D eigenvalue weighted by molar-refractivity contribution is 0.376. The summed E-state index contributed by atoms with van der Waals surface area (Å²) in [4.78, 5) is 0. The molecule has 1 aromatic rings. The highest BCUT2D eigenvalue weighted by Crippen LogP contribution is 2.37. The fraction of sp³-hybridized carbons (Fsp3) is 0.700. The van der Waals surface area contributed by atoms with Gasteiger partial charge in [-0.3, -0.25) is 0 Å². The number of aryl methyl sites for hydroxylation is 1. The summed E-state index contributed by atoms with van der Waals surface area (Å²) in [6.07, 6.45) is 2.14. The van der Waals surface area contributed by atoms with Crippen molar-refractivity contribution in [1.29, 1.82) is 0 Å². The van der Waals surface area contributed by atoms with Gasteiger partial charge >= 0.3 is 0 Å². The highest BCUT2D eigenvalue weighted by Gasteiger charge is 2.30. The van der Waals surface area contributed by atoms with Crippen LogP contribution >= 0.6 is 0 Å². The van der Waals surface area contributed by atoms with Gasteiger partial charge in [0, 0.05) is 17.9 Å². The number of rotatable bonds is 2. The van der Waals surface area contributed by atoms with Crippen LogP contribution in [-0.2, 0) is 6.42 Å². The van der Waals surface area contributed by atoms with Gasteiger partial charge < -0.3 is 10.3 Å². The van der Waals surface area contributed by atoms with Crippen molar-refractivity contribution in [3.63, 3.8) is 0 Å². The Hall–Kier alpha value is -0.830. The normalized spacial score (nSPS) is 21.1. The smallest absolute Gasteiger partial charge is 0.140 e. The molecular formula is C10H16N2O. The number of nitrogens with zero attached hydrogens (tertiary/aromatic N) is 1. The second kappa shape index (κ2) is 3.14. The minimum atomic E-state index is 0.444. The lowest BCUT2D eigenvalue weighted by atomic mass is 9.97. The first-order chi connectivity index (χ1) is 6.24. The Morgan fingerprint density at radius 2 is 2.38 bits per heavy atom. The fourth-order valence-corrected chi connectivity index (χ4v) is 2.06. The van der Waals surface area contributed by atoms with Gasteiger partial charge in [0.15, 0.2) is 0 Å². The molecule has 0 aromatic carbocycles. The first-order valence-electron chi connectivity index (χ1n) is 4.92. The van der Waals surface area contributed by atoms with Crippen molar-refractivity contribution in [2.45, 2.75) is 38.5 Å². The molecule has 0 aliphatic heterocycles. The van der Waals surface area contributed by atoms with E-state index in [0.29, 0.717) is 18.4 Å². The van der Waals surface area contributed by atoms with E-state index in [2.05, 4.69) is 19.0 Å². The summed E-state index contributed by atoms with van der Waals surface area (Å²) in [6, 6.07) is 0. The van der Waals surface area contributed by atoms with Crippen LogP contribution in [0.2, 0.25) is 0 Å². The van der Waals surface area contributed by atoms with Gasteiger partial charge in [0.05, 0.1) is 5.69 Å². The van der Waals surface area contributed by atoms with Gasteiger partial charge in [0.1, 0.15) is 5.76 Å². The van der Waals surface area contributed by atoms with Crippen LogP contribution in [0, 0.1) is 0 Å². The second-order valence-electron chi connectivity index (χ2n) is 4.03. The summed E-state index contributed by atoms with van der Waals surface area (Å²) in [6.45, 7) is 5.00. The molecule has 3 nitrogen and oxygen atoms in total. The molecule has 0 amide bonds. The molecule has 1 heterocycles. The quantitative estimate of drug-likeness (QED) is 0.754. The van der Waals surface area contributed by atoms with Crippen LogP contribution in [-0.4, -0.2) is 11.7 Å². The fourth-order valence-electron chi connectivity index (χ4n) is 2.06. The van der Waals surface area contributed by atoms with Crippen molar-refractivity contribution in [2.24, 2.45) is 5.73 Å². The molecule has 1 aliphatic rings. The van der Waals surface area contributed by atoms with Crippen LogP contribution < -0.4 is 5.73 Å². The third kappa shape index (κ3) is 1.27. The maximum absolute atomic E-state index is 5.71. The second-order valence-corrected chi connectivity index (χ2v) is 4.03. The van der Waals surface area contributed by atoms with Crippen LogP contribution in [0.15, 0.2) is 4.52 Å². The van der Waals surface area contributed by atoms with Crippen LogP contribution in [0.25, 0.3) is 0 Å². The zero-order valence-corrected chi connectivity index (χ0v) is 8.21. The predicted molar refractivity (Wildman–Crippen MR) is 50.7 cm³/mol. The molecule has 13 heavy (non-hydrogen) atoms. The molecule has 1 aliphatic carbocycles. The minimum Gasteiger partial charge on any atom is -0.361 e. The molecule has 1 aromatic heterocycles. The van der Waals surface area contributed by atoms with Gasteiger partial charge in [-0.25, -0.2) is 0 Å². The topological polar surface area (TPSA) is 52.0 Å². The first kappa shape index (κ1) is 8.75. The molecule has 0 saturated heterocycles. The Labute approximate surface area is 78.3 Å². The molecule has 1 unspecified atom stereocenters. The van der Waals surface area contributed by atoms with Gasteiger partial charge in [0.25, 0.3) is 0 Å². The highest BCUT2D eigenvalue weighted by atomic mass is 16.5. The highest BCUT2D eigenvalue weighted by molar-refractivity contribution is 5.33. The monoisotopic (exact) mass is 180 g/mol. The summed E-state index contributed by atoms with van der Waals surface area (Å²) in [5.41, 5.74) is 8.12. The zero-order chi connectivity index (χ0) is 9.42. The molecule has 0 fully saturated rings. The Morgan fingerprint density at radius 3 is 3.00 bits per heavy atom. The lowest BCUT2D eigenvalue weighted by Gasteiger charge is -2.08. The maximum Gasteiger partial charge on any atom is 0.140 e. The van der Waals surface area contributed by atoms with E-state index < -0.39 is 0 Å². The van der Waals surface area contributed by atoms with Gasteiger partial charge in [-0.05, 0) is 18.9 Å². The van der Waals surface area contributed by atoms with Crippen molar-refractivity contribution >= 4 is 0 Å². The maximum atomic E-state index is 5.71. The van der Waals surface area contributed by atoms with E-state index in [-0.39, 0.29) is 0 Å². The molecule has 0 saturated carbocycles. The molecule has 0 bridgehead atoms. The average molecular weight is 180 g/mol. The van der Waals surface area contributed by atoms with Gasteiger partial charge in [-0.15, -0.1) is 0 Å². The summed E-state index contributed by atoms with van der Waals surface area (Å²) in [5.74, 6) is 2.00. The van der Waals surface area contributed by atoms with E-state index in [9.17, 15) is 0 Å². The largest absolute Gasteiger partial charge is 0.361 e. The van der Waals surface area contributed by atoms with E-state index in [1.165, 1.54) is 5.56 Å². The summed E-state index contributed by atoms with van der Waals surface area (Å²) < 4.78 is 5.29. The van der Waals surface area contributed by atoms with Crippen LogP contribution in [0.1, 0.15) is 49.1 Å². The number of hydrogen-bond acceptors (Lipinski definition) is 3. The van der Waals surface area contributed by atoms with Crippen molar-refractivity contribution in [3.8, 4) is 0 Å². The van der Waals surface area contributed by atoms with Crippen molar-refractivity contribution in [2.75, 3.05) is 6.54 Å². The van der Waals surface area contributed by atoms with Gasteiger partial charge in [0.2, 0.25) is 0 Å². The molecule has 0 radical (unpaired) electrons. The van der Waals surface area contributed by atoms with E-state index in [0.717, 1.165) is 24.3 Å². The predicted octanol–water partition coefficient (Wildman–Crippen LogP) is 1.79. The molecular weight excluding hydrogens is 164 g/mol. The molecule has 2 N–H and O–H groups in total. The third-order valence-corrected chi connectivity index (χ3v) is 2.79. The van der Waals surface area contributed by atoms with Crippen LogP contribution in [0.5, 0.6) is 0 Å². The Kier molecular flexibility index (Phi) is 2.12. The Bertz CT molecular complexity index is 304. The van der Waals surface area contributed by atoms with Crippen molar-refractivity contribution < 1.29 is 4.52 Å². The minimum absolute atomic E-state index is 0.444. The SMILES string of the molecule is CC(C)c1noc2c1C(CN)CC2. The Morgan fingerprint density at radius 1 is 1.62 bits per heavy atom. The third-order valence-electron chi connectivity index (χ3n) is 2.79. The van der Waals surface area contributed by atoms with Gasteiger partial charge in [-0.1, -0.05) is 19.0 Å². The molecule has 3 heteroatoms. The average Bonchev–Trinajstić information content (AvgIpc) is 2.61. The molecule has 72 valence electrons. The number of hydrogen-bond donors (Lipinski definition) is 1. The number of fused-ring (bicyclic) bond motifs is 1. The van der Waals surface area contributed by atoms with Crippen molar-refractivity contribution in [1.82, 2.24) is 5.16 Å². The van der Waals surface area contributed by atoms with E-state index >= 15 is 0 Å². The molecule has 0 spiro atoms. The van der Waals surface area contributed by atoms with E-state index in [1.807, 2.05) is 0 Å². The molecule has 2 rings (SSSR count). The van der Waals surface area contributed by atoms with Gasteiger partial charge in [-0.2, -0.15) is 0 Å². The Balaban J connectivity index is 2.40. The number of nitrogens with two attached hydrogens (primary N) is 1. The lowest BCUT2D eigenvalue weighted by Crippen LogP contribution is -2.11. The number of aromatic nitrogens is 1. The summed E-state index contributed by atoms with van der Waals surface area (Å²) in [7, 11) is 0. The summed E-state index contributed by atoms with van der Waals surface area (Å²) in [5, 5.41) is 4.10. The standard InChI is InChI=1S/C10H16N2O/c1-6(2)10-9-7(5-11)3-4-8(9)13-12-10/h6-7H,3-5,11H2,1-2H3. The summed E-state index contributed by atoms with van der Waals surface area (Å²) >= 11 is 0. The molecule has 1 atom stereocenters. The van der Waals surface area contributed by atoms with Crippen LogP contribution in [0.3, 0.4) is 0 Å². The first-order valence-corrected chi connectivity index (χ1v) is 4.92. The van der Waals surface area contributed by atoms with E-state index in [1.54, 1.807) is 0 Å². The van der Waals surface area contributed by atoms with Crippen molar-refractivity contribution in [3.05, 3.63) is 17.0 Å². The van der Waals surface area contributed by atoms with Crippen LogP contribution in [0.4, 0.5) is 0 Å².